The number of nitrogens with zero attached hydrogens (tertiary/aromatic N) is 1. The molecule has 0 saturated carbocycles. The molecule has 1 aliphatic rings. The number of carbonyl (C=O) groups excluding carboxylic acids is 1. The van der Waals surface area contributed by atoms with E-state index in [1.807, 2.05) is 0 Å². The molecule has 1 aromatic rings. The summed E-state index contributed by atoms with van der Waals surface area (Å²) < 4.78 is 16.2. The minimum atomic E-state index is -0.378. The van der Waals surface area contributed by atoms with E-state index in [1.54, 1.807) is 12.1 Å². The lowest BCUT2D eigenvalue weighted by molar-refractivity contribution is -0.106. The van der Waals surface area contributed by atoms with Crippen LogP contribution in [0.1, 0.15) is 42.7 Å². The summed E-state index contributed by atoms with van der Waals surface area (Å²) in [7, 11) is 1.35. The van der Waals surface area contributed by atoms with E-state index in [0.717, 1.165) is 18.5 Å². The third-order valence-corrected chi connectivity index (χ3v) is 3.37. The van der Waals surface area contributed by atoms with Crippen molar-refractivity contribution in [3.63, 3.8) is 0 Å². The molecule has 0 amide bonds. The summed E-state index contributed by atoms with van der Waals surface area (Å²) in [5.74, 6) is -0.378. The topological polar surface area (TPSA) is 57.7 Å². The molecule has 2 rings (SSSR count). The minimum Gasteiger partial charge on any atom is -0.465 e. The maximum atomic E-state index is 11.3. The standard InChI is InChI=1S/C15H21NO4/c1-10-6-14(7-11(2)20-10)19-9-13-5-4-12(8-16-13)15(17)18-3/h4-5,8,10-11,14H,6-7,9H2,1-3H3. The van der Waals surface area contributed by atoms with Crippen LogP contribution >= 0.6 is 0 Å². The molecule has 1 saturated heterocycles. The van der Waals surface area contributed by atoms with Crippen molar-refractivity contribution in [3.8, 4) is 0 Å². The average molecular weight is 279 g/mol. The fourth-order valence-corrected chi connectivity index (χ4v) is 2.43. The Morgan fingerprint density at radius 2 is 2.05 bits per heavy atom. The summed E-state index contributed by atoms with van der Waals surface area (Å²) in [6.07, 6.45) is 4.00. The molecule has 5 nitrogen and oxygen atoms in total. The molecule has 0 radical (unpaired) electrons. The number of hydrogen-bond acceptors (Lipinski definition) is 5. The largest absolute Gasteiger partial charge is 0.465 e. The van der Waals surface area contributed by atoms with E-state index in [1.165, 1.54) is 13.3 Å². The maximum Gasteiger partial charge on any atom is 0.339 e. The highest BCUT2D eigenvalue weighted by Crippen LogP contribution is 2.22. The molecule has 1 fully saturated rings. The van der Waals surface area contributed by atoms with Gasteiger partial charge in [-0.1, -0.05) is 0 Å². The van der Waals surface area contributed by atoms with Crippen LogP contribution in [0.15, 0.2) is 18.3 Å². The summed E-state index contributed by atoms with van der Waals surface area (Å²) in [4.78, 5) is 15.5. The Morgan fingerprint density at radius 1 is 1.35 bits per heavy atom. The van der Waals surface area contributed by atoms with Crippen molar-refractivity contribution in [2.45, 2.75) is 51.6 Å². The van der Waals surface area contributed by atoms with Gasteiger partial charge in [0.2, 0.25) is 0 Å². The number of hydrogen-bond donors (Lipinski definition) is 0. The number of methoxy groups -OCH3 is 1. The molecule has 1 aliphatic heterocycles. The molecule has 2 unspecified atom stereocenters. The second-order valence-electron chi connectivity index (χ2n) is 5.19. The fourth-order valence-electron chi connectivity index (χ4n) is 2.43. The van der Waals surface area contributed by atoms with Crippen molar-refractivity contribution in [2.24, 2.45) is 0 Å². The van der Waals surface area contributed by atoms with Gasteiger partial charge in [-0.05, 0) is 38.8 Å². The average Bonchev–Trinajstić information content (AvgIpc) is 2.44. The molecule has 1 aromatic heterocycles. The molecule has 0 aromatic carbocycles. The van der Waals surface area contributed by atoms with Crippen LogP contribution in [0.25, 0.3) is 0 Å². The monoisotopic (exact) mass is 279 g/mol. The van der Waals surface area contributed by atoms with Crippen LogP contribution in [0.3, 0.4) is 0 Å². The van der Waals surface area contributed by atoms with Crippen LogP contribution in [0.5, 0.6) is 0 Å². The van der Waals surface area contributed by atoms with Crippen LogP contribution in [-0.4, -0.2) is 36.4 Å². The summed E-state index contributed by atoms with van der Waals surface area (Å²) in [5, 5.41) is 0. The number of carbonyl (C=O) groups is 1. The van der Waals surface area contributed by atoms with Gasteiger partial charge in [0.05, 0.1) is 43.3 Å². The molecular weight excluding hydrogens is 258 g/mol. The molecule has 0 bridgehead atoms. The SMILES string of the molecule is COC(=O)c1ccc(COC2CC(C)OC(C)C2)nc1. The van der Waals surface area contributed by atoms with Gasteiger partial charge >= 0.3 is 5.97 Å². The van der Waals surface area contributed by atoms with Gasteiger partial charge in [0.25, 0.3) is 0 Å². The summed E-state index contributed by atoms with van der Waals surface area (Å²) >= 11 is 0. The van der Waals surface area contributed by atoms with E-state index in [4.69, 9.17) is 9.47 Å². The Kier molecular flexibility index (Phi) is 5.09. The molecule has 0 aliphatic carbocycles. The van der Waals surface area contributed by atoms with Crippen LogP contribution in [0.2, 0.25) is 0 Å². The zero-order chi connectivity index (χ0) is 14.5. The molecule has 2 atom stereocenters. The second-order valence-corrected chi connectivity index (χ2v) is 5.19. The van der Waals surface area contributed by atoms with Crippen LogP contribution in [0, 0.1) is 0 Å². The van der Waals surface area contributed by atoms with E-state index in [2.05, 4.69) is 23.6 Å². The van der Waals surface area contributed by atoms with Gasteiger partial charge in [0, 0.05) is 6.20 Å². The Balaban J connectivity index is 1.86. The number of aromatic nitrogens is 1. The van der Waals surface area contributed by atoms with E-state index < -0.39 is 0 Å². The molecule has 0 spiro atoms. The third-order valence-electron chi connectivity index (χ3n) is 3.37. The third kappa shape index (κ3) is 4.02. The second kappa shape index (κ2) is 6.81. The van der Waals surface area contributed by atoms with Gasteiger partial charge in [-0.3, -0.25) is 4.98 Å². The number of rotatable bonds is 4. The van der Waals surface area contributed by atoms with Crippen molar-refractivity contribution < 1.29 is 19.0 Å². The van der Waals surface area contributed by atoms with Crippen molar-refractivity contribution in [3.05, 3.63) is 29.6 Å². The van der Waals surface area contributed by atoms with Crippen molar-refractivity contribution in [2.75, 3.05) is 7.11 Å². The molecule has 20 heavy (non-hydrogen) atoms. The highest BCUT2D eigenvalue weighted by molar-refractivity contribution is 5.88. The van der Waals surface area contributed by atoms with E-state index in [-0.39, 0.29) is 24.3 Å². The van der Waals surface area contributed by atoms with Crippen LogP contribution in [0.4, 0.5) is 0 Å². The van der Waals surface area contributed by atoms with Gasteiger partial charge in [-0.25, -0.2) is 4.79 Å². The maximum absolute atomic E-state index is 11.3. The van der Waals surface area contributed by atoms with Gasteiger partial charge in [-0.15, -0.1) is 0 Å². The number of ether oxygens (including phenoxy) is 3. The van der Waals surface area contributed by atoms with Crippen LogP contribution < -0.4 is 0 Å². The first kappa shape index (κ1) is 14.9. The van der Waals surface area contributed by atoms with E-state index >= 15 is 0 Å². The van der Waals surface area contributed by atoms with Gasteiger partial charge < -0.3 is 14.2 Å². The molecule has 2 heterocycles. The molecule has 5 heteroatoms. The smallest absolute Gasteiger partial charge is 0.339 e. The molecule has 0 N–H and O–H groups in total. The summed E-state index contributed by atoms with van der Waals surface area (Å²) in [5.41, 5.74) is 1.26. The Morgan fingerprint density at radius 3 is 2.60 bits per heavy atom. The van der Waals surface area contributed by atoms with E-state index in [9.17, 15) is 4.79 Å². The predicted molar refractivity (Wildman–Crippen MR) is 73.4 cm³/mol. The lowest BCUT2D eigenvalue weighted by Gasteiger charge is -2.31. The van der Waals surface area contributed by atoms with Crippen molar-refractivity contribution >= 4 is 5.97 Å². The quantitative estimate of drug-likeness (QED) is 0.792. The predicted octanol–water partition coefficient (Wildman–Crippen LogP) is 2.34. The highest BCUT2D eigenvalue weighted by Gasteiger charge is 2.24. The Labute approximate surface area is 119 Å². The zero-order valence-electron chi connectivity index (χ0n) is 12.2. The zero-order valence-corrected chi connectivity index (χ0v) is 12.2. The van der Waals surface area contributed by atoms with Crippen molar-refractivity contribution in [1.82, 2.24) is 4.98 Å². The van der Waals surface area contributed by atoms with Crippen LogP contribution in [-0.2, 0) is 20.8 Å². The number of pyridine rings is 1. The molecular formula is C15H21NO4. The first-order valence-corrected chi connectivity index (χ1v) is 6.88. The van der Waals surface area contributed by atoms with E-state index in [0.29, 0.717) is 12.2 Å². The minimum absolute atomic E-state index is 0.204. The number of esters is 1. The summed E-state index contributed by atoms with van der Waals surface area (Å²) in [6, 6.07) is 3.49. The first-order valence-electron chi connectivity index (χ1n) is 6.88. The van der Waals surface area contributed by atoms with Gasteiger partial charge in [0.15, 0.2) is 0 Å². The normalized spacial score (nSPS) is 26.2. The summed E-state index contributed by atoms with van der Waals surface area (Å²) in [6.45, 7) is 4.58. The Hall–Kier alpha value is -1.46. The molecule has 110 valence electrons. The fraction of sp³-hybridized carbons (Fsp3) is 0.600. The van der Waals surface area contributed by atoms with Gasteiger partial charge in [-0.2, -0.15) is 0 Å². The Bertz CT molecular complexity index is 436. The van der Waals surface area contributed by atoms with Crippen molar-refractivity contribution in [1.29, 1.82) is 0 Å². The van der Waals surface area contributed by atoms with Gasteiger partial charge in [0.1, 0.15) is 0 Å². The lowest BCUT2D eigenvalue weighted by Crippen LogP contribution is -2.34. The highest BCUT2D eigenvalue weighted by atomic mass is 16.5. The lowest BCUT2D eigenvalue weighted by atomic mass is 10.0. The first-order chi connectivity index (χ1) is 9.58.